The van der Waals surface area contributed by atoms with Gasteiger partial charge in [0.25, 0.3) is 0 Å². The molecule has 0 unspecified atom stereocenters. The molecular weight excluding hydrogens is 758 g/mol. The summed E-state index contributed by atoms with van der Waals surface area (Å²) in [7, 11) is 0. The largest absolute Gasteiger partial charge is 0.432 e. The minimum atomic E-state index is -2.38. The van der Waals surface area contributed by atoms with Crippen LogP contribution in [0.4, 0.5) is 43.9 Å². The molecule has 2 saturated heterocycles. The number of ether oxygens (including phenoxy) is 6. The van der Waals surface area contributed by atoms with E-state index in [9.17, 15) is 63.1 Å². The Morgan fingerprint density at radius 1 is 0.519 bits per heavy atom. The first-order valence-corrected chi connectivity index (χ1v) is 16.0. The summed E-state index contributed by atoms with van der Waals surface area (Å²) in [5.74, 6) is -36.8. The zero-order chi connectivity index (χ0) is 41.4. The van der Waals surface area contributed by atoms with E-state index in [1.54, 1.807) is 27.7 Å². The number of hydrogen-bond donors (Lipinski definition) is 0. The summed E-state index contributed by atoms with van der Waals surface area (Å²) in [5, 5.41) is 0. The van der Waals surface area contributed by atoms with E-state index < -0.39 is 129 Å². The lowest BCUT2D eigenvalue weighted by Gasteiger charge is -2.22. The highest BCUT2D eigenvalue weighted by atomic mass is 19.2. The predicted octanol–water partition coefficient (Wildman–Crippen LogP) is 7.26. The first-order chi connectivity index (χ1) is 24.7. The van der Waals surface area contributed by atoms with Crippen molar-refractivity contribution in [2.24, 2.45) is 23.7 Å². The van der Waals surface area contributed by atoms with Crippen molar-refractivity contribution in [3.05, 3.63) is 58.2 Å². The first-order valence-electron chi connectivity index (χ1n) is 16.0. The van der Waals surface area contributed by atoms with E-state index in [1.165, 1.54) is 27.7 Å². The number of esters is 4. The molecule has 2 aliphatic heterocycles. The maximum atomic E-state index is 13.7. The Bertz CT molecular complexity index is 1630. The van der Waals surface area contributed by atoms with E-state index in [-0.39, 0.29) is 24.7 Å². The average Bonchev–Trinajstić information content (AvgIpc) is 3.52. The highest BCUT2D eigenvalue weighted by Gasteiger charge is 2.50. The van der Waals surface area contributed by atoms with Gasteiger partial charge >= 0.3 is 23.9 Å². The smallest absolute Gasteiger partial charge is 0.338 e. The number of rotatable bonds is 10. The van der Waals surface area contributed by atoms with Crippen molar-refractivity contribution < 1.29 is 91.5 Å². The monoisotopic (exact) mass is 792 g/mol. The van der Waals surface area contributed by atoms with E-state index in [2.05, 4.69) is 9.47 Å². The standard InChI is InChI=1S/2C17H17F5O5/c2*1-6(2)5-7(13-16(24)27-17(3,4)26-13)15(23)25-14-11(21)9(19)8(18)10(20)12(14)22/h2*6-7,13H,5H2,1-4H3/t7-,13+;7-,13-/m10/s1. The summed E-state index contributed by atoms with van der Waals surface area (Å²) in [6.45, 7) is 12.4. The van der Waals surface area contributed by atoms with Crippen LogP contribution in [0.5, 0.6) is 11.5 Å². The van der Waals surface area contributed by atoms with Gasteiger partial charge in [-0.3, -0.25) is 9.59 Å². The molecule has 54 heavy (non-hydrogen) atoms. The molecule has 20 heteroatoms. The topological polar surface area (TPSA) is 124 Å². The molecule has 10 nitrogen and oxygen atoms in total. The van der Waals surface area contributed by atoms with Crippen LogP contribution in [0.25, 0.3) is 0 Å². The summed E-state index contributed by atoms with van der Waals surface area (Å²) in [6.07, 6.45) is -2.94. The van der Waals surface area contributed by atoms with Crippen molar-refractivity contribution in [1.29, 1.82) is 0 Å². The second-order valence-corrected chi connectivity index (χ2v) is 13.8. The molecule has 0 spiro atoms. The van der Waals surface area contributed by atoms with E-state index in [4.69, 9.17) is 18.9 Å². The number of benzene rings is 2. The Balaban J connectivity index is 0.000000290. The molecule has 0 N–H and O–H groups in total. The van der Waals surface area contributed by atoms with Crippen LogP contribution >= 0.6 is 0 Å². The van der Waals surface area contributed by atoms with Gasteiger partial charge in [-0.1, -0.05) is 27.7 Å². The predicted molar refractivity (Wildman–Crippen MR) is 160 cm³/mol. The van der Waals surface area contributed by atoms with E-state index in [0.29, 0.717) is 0 Å². The SMILES string of the molecule is CC(C)C[C@@H](C(=O)Oc1c(F)c(F)c(F)c(F)c1F)[C@@H]1OC(C)(C)OC1=O.CC(C)C[C@H](C(=O)Oc1c(F)c(F)c(F)c(F)c1F)[C@@H]1OC(C)(C)OC1=O. The van der Waals surface area contributed by atoms with Gasteiger partial charge in [-0.2, -0.15) is 17.6 Å². The Morgan fingerprint density at radius 3 is 0.963 bits per heavy atom. The van der Waals surface area contributed by atoms with Gasteiger partial charge in [0.05, 0.1) is 11.8 Å². The summed E-state index contributed by atoms with van der Waals surface area (Å²) in [4.78, 5) is 48.8. The maximum absolute atomic E-state index is 13.7. The highest BCUT2D eigenvalue weighted by molar-refractivity contribution is 5.87. The third-order valence-electron chi connectivity index (χ3n) is 7.51. The highest BCUT2D eigenvalue weighted by Crippen LogP contribution is 2.36. The Hall–Kier alpha value is -4.46. The summed E-state index contributed by atoms with van der Waals surface area (Å²) in [6, 6.07) is 0. The molecule has 2 aliphatic rings. The van der Waals surface area contributed by atoms with Gasteiger partial charge in [0.1, 0.15) is 0 Å². The number of halogens is 10. The van der Waals surface area contributed by atoms with Gasteiger partial charge in [0.2, 0.25) is 81.2 Å². The van der Waals surface area contributed by atoms with Gasteiger partial charge in [0.15, 0.2) is 12.2 Å². The zero-order valence-corrected chi connectivity index (χ0v) is 29.7. The molecule has 300 valence electrons. The summed E-state index contributed by atoms with van der Waals surface area (Å²) in [5.41, 5.74) is 0. The molecule has 2 fully saturated rings. The third-order valence-corrected chi connectivity index (χ3v) is 7.51. The van der Waals surface area contributed by atoms with E-state index in [0.717, 1.165) is 0 Å². The molecule has 0 amide bonds. The van der Waals surface area contributed by atoms with Gasteiger partial charge in [0, 0.05) is 27.7 Å². The van der Waals surface area contributed by atoms with E-state index >= 15 is 0 Å². The van der Waals surface area contributed by atoms with Gasteiger partial charge < -0.3 is 28.4 Å². The number of cyclic esters (lactones) is 2. The van der Waals surface area contributed by atoms with Gasteiger partial charge in [-0.15, -0.1) is 0 Å². The van der Waals surface area contributed by atoms with Crippen molar-refractivity contribution in [1.82, 2.24) is 0 Å². The van der Waals surface area contributed by atoms with Crippen LogP contribution in [0.3, 0.4) is 0 Å². The molecule has 0 saturated carbocycles. The van der Waals surface area contributed by atoms with Crippen LogP contribution in [0.1, 0.15) is 68.2 Å². The van der Waals surface area contributed by atoms with E-state index in [1.807, 2.05) is 0 Å². The molecule has 2 aromatic carbocycles. The fourth-order valence-corrected chi connectivity index (χ4v) is 5.25. The minimum absolute atomic E-state index is 0.0237. The number of carbonyl (C=O) groups excluding carboxylic acids is 4. The van der Waals surface area contributed by atoms with Crippen molar-refractivity contribution >= 4 is 23.9 Å². The molecule has 0 radical (unpaired) electrons. The average molecular weight is 793 g/mol. The summed E-state index contributed by atoms with van der Waals surface area (Å²) < 4.78 is 164. The molecule has 0 aliphatic carbocycles. The quantitative estimate of drug-likeness (QED) is 0.0799. The van der Waals surface area contributed by atoms with Crippen LogP contribution in [-0.2, 0) is 38.1 Å². The fraction of sp³-hybridized carbons (Fsp3) is 0.529. The Kier molecular flexibility index (Phi) is 13.4. The van der Waals surface area contributed by atoms with Crippen LogP contribution < -0.4 is 9.47 Å². The lowest BCUT2D eigenvalue weighted by molar-refractivity contribution is -0.165. The second kappa shape index (κ2) is 16.5. The maximum Gasteiger partial charge on any atom is 0.338 e. The molecule has 2 heterocycles. The molecular formula is C34H34F10O10. The number of carbonyl (C=O) groups is 4. The van der Waals surface area contributed by atoms with Crippen molar-refractivity contribution in [2.75, 3.05) is 0 Å². The van der Waals surface area contributed by atoms with Crippen LogP contribution in [0.15, 0.2) is 0 Å². The van der Waals surface area contributed by atoms with Gasteiger partial charge in [-0.25, -0.2) is 35.9 Å². The second-order valence-electron chi connectivity index (χ2n) is 13.8. The molecule has 4 rings (SSSR count). The van der Waals surface area contributed by atoms with Crippen LogP contribution in [0, 0.1) is 81.8 Å². The van der Waals surface area contributed by atoms with Crippen molar-refractivity contribution in [2.45, 2.75) is 92.0 Å². The Labute approximate surface area is 300 Å². The third kappa shape index (κ3) is 9.60. The Morgan fingerprint density at radius 2 is 0.759 bits per heavy atom. The number of hydrogen-bond acceptors (Lipinski definition) is 10. The minimum Gasteiger partial charge on any atom is -0.432 e. The van der Waals surface area contributed by atoms with Crippen LogP contribution in [0.2, 0.25) is 0 Å². The fourth-order valence-electron chi connectivity index (χ4n) is 5.25. The van der Waals surface area contributed by atoms with Gasteiger partial charge in [-0.05, 0) is 24.7 Å². The lowest BCUT2D eigenvalue weighted by atomic mass is 9.92. The van der Waals surface area contributed by atoms with Crippen molar-refractivity contribution in [3.8, 4) is 11.5 Å². The molecule has 0 aromatic heterocycles. The normalized spacial score (nSPS) is 19.9. The summed E-state index contributed by atoms with van der Waals surface area (Å²) >= 11 is 0. The van der Waals surface area contributed by atoms with Crippen LogP contribution in [-0.4, -0.2) is 47.7 Å². The molecule has 0 bridgehead atoms. The van der Waals surface area contributed by atoms with Crippen molar-refractivity contribution in [3.63, 3.8) is 0 Å². The first kappa shape index (κ1) is 43.9. The lowest BCUT2D eigenvalue weighted by Crippen LogP contribution is -2.37. The molecule has 2 aromatic rings. The zero-order valence-electron chi connectivity index (χ0n) is 29.7. The molecule has 4 atom stereocenters.